The zero-order valence-corrected chi connectivity index (χ0v) is 17.2. The maximum atomic E-state index is 6.04. The van der Waals surface area contributed by atoms with Crippen molar-refractivity contribution in [3.63, 3.8) is 0 Å². The Kier molecular flexibility index (Phi) is 7.45. The summed E-state index contributed by atoms with van der Waals surface area (Å²) in [5.74, 6) is 1.68. The molecule has 0 spiro atoms. The number of hydrogen-bond acceptors (Lipinski definition) is 4. The molecular formula is C20H30N4OS. The van der Waals surface area contributed by atoms with Crippen molar-refractivity contribution >= 4 is 17.3 Å². The molecule has 0 bridgehead atoms. The lowest BCUT2D eigenvalue weighted by Gasteiger charge is -2.23. The lowest BCUT2D eigenvalue weighted by Crippen LogP contribution is -2.38. The van der Waals surface area contributed by atoms with E-state index >= 15 is 0 Å². The minimum atomic E-state index is -0.221. The molecule has 0 amide bonds. The van der Waals surface area contributed by atoms with Crippen LogP contribution < -0.4 is 15.4 Å². The van der Waals surface area contributed by atoms with Crippen LogP contribution in [0.2, 0.25) is 0 Å². The quantitative estimate of drug-likeness (QED) is 0.572. The van der Waals surface area contributed by atoms with Crippen molar-refractivity contribution in [3.8, 4) is 5.75 Å². The molecule has 0 radical (unpaired) electrons. The Hall–Kier alpha value is -2.08. The monoisotopic (exact) mass is 374 g/mol. The van der Waals surface area contributed by atoms with E-state index in [2.05, 4.69) is 54.4 Å². The van der Waals surface area contributed by atoms with Crippen LogP contribution in [-0.4, -0.2) is 30.1 Å². The highest BCUT2D eigenvalue weighted by Crippen LogP contribution is 2.22. The van der Waals surface area contributed by atoms with Crippen molar-refractivity contribution in [1.82, 2.24) is 15.6 Å². The summed E-state index contributed by atoms with van der Waals surface area (Å²) in [6, 6.07) is 8.10. The van der Waals surface area contributed by atoms with E-state index in [1.807, 2.05) is 24.4 Å². The summed E-state index contributed by atoms with van der Waals surface area (Å²) in [7, 11) is 1.78. The van der Waals surface area contributed by atoms with Gasteiger partial charge in [0, 0.05) is 43.2 Å². The number of ether oxygens (including phenoxy) is 1. The summed E-state index contributed by atoms with van der Waals surface area (Å²) in [6.07, 6.45) is 3.92. The van der Waals surface area contributed by atoms with Crippen molar-refractivity contribution < 1.29 is 4.74 Å². The lowest BCUT2D eigenvalue weighted by molar-refractivity contribution is 0.129. The molecule has 1 heterocycles. The number of hydrogen-bond donors (Lipinski definition) is 2. The normalized spacial score (nSPS) is 12.1. The highest BCUT2D eigenvalue weighted by molar-refractivity contribution is 7.11. The summed E-state index contributed by atoms with van der Waals surface area (Å²) in [4.78, 5) is 10.1. The highest BCUT2D eigenvalue weighted by atomic mass is 32.1. The van der Waals surface area contributed by atoms with E-state index in [4.69, 9.17) is 4.74 Å². The molecule has 142 valence electrons. The summed E-state index contributed by atoms with van der Waals surface area (Å²) in [6.45, 7) is 9.78. The Morgan fingerprint density at radius 1 is 1.23 bits per heavy atom. The second-order valence-corrected chi connectivity index (χ2v) is 8.20. The molecule has 26 heavy (non-hydrogen) atoms. The molecule has 0 aliphatic carbocycles. The van der Waals surface area contributed by atoms with Gasteiger partial charge in [0.05, 0.1) is 5.01 Å². The molecular weight excluding hydrogens is 344 g/mol. The van der Waals surface area contributed by atoms with Crippen molar-refractivity contribution in [2.75, 3.05) is 13.6 Å². The lowest BCUT2D eigenvalue weighted by atomic mass is 10.1. The third-order valence-corrected chi connectivity index (χ3v) is 4.84. The number of para-hydroxylation sites is 1. The number of nitrogens with one attached hydrogen (secondary N) is 2. The molecule has 2 rings (SSSR count). The van der Waals surface area contributed by atoms with Gasteiger partial charge in [-0.05, 0) is 33.3 Å². The van der Waals surface area contributed by atoms with Gasteiger partial charge in [-0.15, -0.1) is 11.3 Å². The van der Waals surface area contributed by atoms with Crippen molar-refractivity contribution in [3.05, 3.63) is 45.9 Å². The van der Waals surface area contributed by atoms with Gasteiger partial charge in [0.15, 0.2) is 5.96 Å². The van der Waals surface area contributed by atoms with Crippen LogP contribution in [-0.2, 0) is 19.4 Å². The van der Waals surface area contributed by atoms with Crippen LogP contribution in [0.4, 0.5) is 0 Å². The predicted octanol–water partition coefficient (Wildman–Crippen LogP) is 3.79. The van der Waals surface area contributed by atoms with E-state index in [1.165, 1.54) is 4.88 Å². The maximum absolute atomic E-state index is 6.04. The summed E-state index contributed by atoms with van der Waals surface area (Å²) in [5, 5.41) is 7.87. The Morgan fingerprint density at radius 3 is 2.65 bits per heavy atom. The fourth-order valence-electron chi connectivity index (χ4n) is 2.39. The average molecular weight is 375 g/mol. The van der Waals surface area contributed by atoms with Crippen LogP contribution in [0.5, 0.6) is 5.75 Å². The molecule has 2 N–H and O–H groups in total. The Morgan fingerprint density at radius 2 is 2.00 bits per heavy atom. The third-order valence-electron chi connectivity index (χ3n) is 3.64. The zero-order chi connectivity index (χ0) is 19.0. The summed E-state index contributed by atoms with van der Waals surface area (Å²) >= 11 is 1.78. The van der Waals surface area contributed by atoms with E-state index in [-0.39, 0.29) is 5.60 Å². The van der Waals surface area contributed by atoms with Crippen LogP contribution in [0.15, 0.2) is 35.5 Å². The molecule has 1 aromatic heterocycles. The number of aromatic nitrogens is 1. The van der Waals surface area contributed by atoms with Gasteiger partial charge in [-0.3, -0.25) is 4.99 Å². The van der Waals surface area contributed by atoms with Crippen LogP contribution in [0, 0.1) is 0 Å². The zero-order valence-electron chi connectivity index (χ0n) is 16.4. The molecule has 5 nitrogen and oxygen atoms in total. The van der Waals surface area contributed by atoms with Crippen LogP contribution in [0.1, 0.15) is 43.1 Å². The van der Waals surface area contributed by atoms with E-state index in [1.54, 1.807) is 18.4 Å². The van der Waals surface area contributed by atoms with Gasteiger partial charge in [-0.2, -0.15) is 0 Å². The molecule has 2 aromatic rings. The number of rotatable bonds is 7. The smallest absolute Gasteiger partial charge is 0.191 e. The van der Waals surface area contributed by atoms with E-state index in [0.29, 0.717) is 6.54 Å². The maximum Gasteiger partial charge on any atom is 0.191 e. The van der Waals surface area contributed by atoms with Crippen LogP contribution in [0.25, 0.3) is 0 Å². The minimum Gasteiger partial charge on any atom is -0.488 e. The predicted molar refractivity (Wildman–Crippen MR) is 110 cm³/mol. The molecule has 0 saturated carbocycles. The number of benzene rings is 1. The molecule has 0 aliphatic heterocycles. The highest BCUT2D eigenvalue weighted by Gasteiger charge is 2.14. The second-order valence-electron chi connectivity index (χ2n) is 7.00. The Bertz CT molecular complexity index is 719. The van der Waals surface area contributed by atoms with Gasteiger partial charge in [0.25, 0.3) is 0 Å². The molecule has 1 aromatic carbocycles. The van der Waals surface area contributed by atoms with Gasteiger partial charge >= 0.3 is 0 Å². The fraction of sp³-hybridized carbons (Fsp3) is 0.500. The summed E-state index contributed by atoms with van der Waals surface area (Å²) < 4.78 is 6.04. The number of aryl methyl sites for hydroxylation is 1. The minimum absolute atomic E-state index is 0.221. The molecule has 0 unspecified atom stereocenters. The van der Waals surface area contributed by atoms with Gasteiger partial charge in [-0.1, -0.05) is 25.1 Å². The van der Waals surface area contributed by atoms with Crippen molar-refractivity contribution in [1.29, 1.82) is 0 Å². The first-order chi connectivity index (χ1) is 12.4. The molecule has 0 fully saturated rings. The Balaban J connectivity index is 1.85. The standard InChI is InChI=1S/C20H30N4OS/c1-6-16-14-23-18(26-16)11-12-22-19(21-5)24-13-15-9-7-8-10-17(15)25-20(2,3)4/h7-10,14H,6,11-13H2,1-5H3,(H2,21,22,24). The SMILES string of the molecule is CCc1cnc(CCNC(=NC)NCc2ccccc2OC(C)(C)C)s1. The van der Waals surface area contributed by atoms with E-state index in [0.717, 1.165) is 41.7 Å². The number of aliphatic imine (C=N–C) groups is 1. The van der Waals surface area contributed by atoms with Gasteiger partial charge < -0.3 is 15.4 Å². The van der Waals surface area contributed by atoms with Gasteiger partial charge in [0.1, 0.15) is 11.4 Å². The number of thiazole rings is 1. The number of nitrogens with zero attached hydrogens (tertiary/aromatic N) is 2. The largest absolute Gasteiger partial charge is 0.488 e. The number of guanidine groups is 1. The van der Waals surface area contributed by atoms with Crippen LogP contribution in [0.3, 0.4) is 0 Å². The third kappa shape index (κ3) is 6.67. The molecule has 0 aliphatic rings. The van der Waals surface area contributed by atoms with E-state index in [9.17, 15) is 0 Å². The first-order valence-electron chi connectivity index (χ1n) is 9.06. The molecule has 6 heteroatoms. The fourth-order valence-corrected chi connectivity index (χ4v) is 3.26. The first-order valence-corrected chi connectivity index (χ1v) is 9.88. The second kappa shape index (κ2) is 9.57. The van der Waals surface area contributed by atoms with Crippen molar-refractivity contribution in [2.24, 2.45) is 4.99 Å². The molecule has 0 saturated heterocycles. The summed E-state index contributed by atoms with van der Waals surface area (Å²) in [5.41, 5.74) is 0.888. The van der Waals surface area contributed by atoms with Crippen molar-refractivity contribution in [2.45, 2.75) is 52.7 Å². The molecule has 0 atom stereocenters. The van der Waals surface area contributed by atoms with E-state index < -0.39 is 0 Å². The Labute approximate surface area is 160 Å². The average Bonchev–Trinajstić information content (AvgIpc) is 3.05. The van der Waals surface area contributed by atoms with Gasteiger partial charge in [-0.25, -0.2) is 4.98 Å². The van der Waals surface area contributed by atoms with Gasteiger partial charge in [0.2, 0.25) is 0 Å². The first kappa shape index (κ1) is 20.2. The van der Waals surface area contributed by atoms with Crippen LogP contribution >= 0.6 is 11.3 Å². The topological polar surface area (TPSA) is 58.5 Å².